The van der Waals surface area contributed by atoms with Crippen LogP contribution in [0.2, 0.25) is 0 Å². The maximum absolute atomic E-state index is 13.1. The average Bonchev–Trinajstić information content (AvgIpc) is 2.67. The third-order valence-electron chi connectivity index (χ3n) is 8.31. The van der Waals surface area contributed by atoms with E-state index in [4.69, 9.17) is 9.84 Å². The van der Waals surface area contributed by atoms with Gasteiger partial charge in [0, 0.05) is 13.1 Å². The molecule has 0 heterocycles. The van der Waals surface area contributed by atoms with E-state index in [-0.39, 0.29) is 23.4 Å². The van der Waals surface area contributed by atoms with Gasteiger partial charge in [0.2, 0.25) is 0 Å². The highest BCUT2D eigenvalue weighted by Crippen LogP contribution is 2.63. The Morgan fingerprint density at radius 1 is 1.25 bits per heavy atom. The van der Waals surface area contributed by atoms with E-state index in [0.717, 1.165) is 19.3 Å². The van der Waals surface area contributed by atoms with Crippen molar-refractivity contribution in [3.8, 4) is 0 Å². The van der Waals surface area contributed by atoms with E-state index in [1.807, 2.05) is 0 Å². The molecule has 5 unspecified atom stereocenters. The van der Waals surface area contributed by atoms with Crippen molar-refractivity contribution in [1.29, 1.82) is 0 Å². The molecule has 5 atom stereocenters. The van der Waals surface area contributed by atoms with Gasteiger partial charge in [0.15, 0.2) is 0 Å². The van der Waals surface area contributed by atoms with Gasteiger partial charge in [0.25, 0.3) is 0 Å². The lowest BCUT2D eigenvalue weighted by Gasteiger charge is -2.59. The van der Waals surface area contributed by atoms with Crippen molar-refractivity contribution >= 4 is 5.97 Å². The molecule has 4 heteroatoms. The normalized spacial score (nSPS) is 37.8. The molecule has 3 aliphatic rings. The molecule has 3 rings (SSSR count). The van der Waals surface area contributed by atoms with Gasteiger partial charge < -0.3 is 15.2 Å². The van der Waals surface area contributed by atoms with Gasteiger partial charge in [-0.2, -0.15) is 0 Å². The van der Waals surface area contributed by atoms with Crippen LogP contribution in [0.25, 0.3) is 0 Å². The minimum Gasteiger partial charge on any atom is -0.464 e. The Kier molecular flexibility index (Phi) is 6.92. The van der Waals surface area contributed by atoms with Gasteiger partial charge >= 0.3 is 5.97 Å². The molecule has 0 amide bonds. The number of nitrogens with one attached hydrogen (secondary N) is 1. The van der Waals surface area contributed by atoms with Crippen LogP contribution in [0, 0.1) is 34.5 Å². The van der Waals surface area contributed by atoms with Crippen LogP contribution in [0.1, 0.15) is 72.6 Å². The summed E-state index contributed by atoms with van der Waals surface area (Å²) in [5.74, 6) is 2.52. The minimum absolute atomic E-state index is 0.00175. The summed E-state index contributed by atoms with van der Waals surface area (Å²) in [6, 6.07) is 0. The van der Waals surface area contributed by atoms with Gasteiger partial charge in [0.1, 0.15) is 6.61 Å². The molecule has 0 bridgehead atoms. The largest absolute Gasteiger partial charge is 0.464 e. The first-order chi connectivity index (χ1) is 13.3. The van der Waals surface area contributed by atoms with Gasteiger partial charge in [-0.3, -0.25) is 4.79 Å². The Labute approximate surface area is 171 Å². The molecule has 4 nitrogen and oxygen atoms in total. The molecule has 2 saturated carbocycles. The Hall–Kier alpha value is -0.870. The van der Waals surface area contributed by atoms with Gasteiger partial charge in [-0.1, -0.05) is 38.8 Å². The summed E-state index contributed by atoms with van der Waals surface area (Å²) in [4.78, 5) is 13.1. The molecule has 0 aliphatic heterocycles. The molecule has 2 N–H and O–H groups in total. The molecular formula is C24H41NO3. The predicted octanol–water partition coefficient (Wildman–Crippen LogP) is 4.33. The maximum Gasteiger partial charge on any atom is 0.312 e. The van der Waals surface area contributed by atoms with Crippen molar-refractivity contribution in [2.24, 2.45) is 34.5 Å². The van der Waals surface area contributed by atoms with Crippen LogP contribution >= 0.6 is 0 Å². The third kappa shape index (κ3) is 4.05. The summed E-state index contributed by atoms with van der Waals surface area (Å²) in [5.41, 5.74) is 1.55. The number of aliphatic hydroxyl groups is 1. The number of allylic oxidation sites excluding steroid dienone is 2. The molecule has 0 aromatic rings. The number of hydrogen-bond acceptors (Lipinski definition) is 4. The molecule has 3 aliphatic carbocycles. The lowest BCUT2D eigenvalue weighted by atomic mass is 9.44. The van der Waals surface area contributed by atoms with Crippen molar-refractivity contribution in [3.05, 3.63) is 11.6 Å². The molecule has 0 aromatic carbocycles. The molecule has 0 aromatic heterocycles. The van der Waals surface area contributed by atoms with Crippen LogP contribution in [-0.2, 0) is 9.53 Å². The summed E-state index contributed by atoms with van der Waals surface area (Å²) in [5, 5.41) is 11.9. The van der Waals surface area contributed by atoms with Crippen LogP contribution in [0.5, 0.6) is 0 Å². The van der Waals surface area contributed by atoms with Crippen LogP contribution in [-0.4, -0.2) is 37.4 Å². The van der Waals surface area contributed by atoms with Crippen LogP contribution < -0.4 is 5.32 Å². The smallest absolute Gasteiger partial charge is 0.312 e. The summed E-state index contributed by atoms with van der Waals surface area (Å²) in [6.45, 7) is 11.0. The lowest BCUT2D eigenvalue weighted by molar-refractivity contribution is -0.175. The minimum atomic E-state index is -0.350. The number of aliphatic hydroxyl groups excluding tert-OH is 1. The van der Waals surface area contributed by atoms with Crippen molar-refractivity contribution in [1.82, 2.24) is 5.32 Å². The standard InChI is InChI=1S/C24H41NO3/c1-17(2)18-6-8-20-19(16-18)7-9-21-23(20,3)10-5-11-24(21,4)22(27)28-15-13-25-12-14-26/h16-17,19-21,25-26H,5-15H2,1-4H3. The zero-order valence-corrected chi connectivity index (χ0v) is 18.4. The zero-order chi connectivity index (χ0) is 20.4. The van der Waals surface area contributed by atoms with Crippen molar-refractivity contribution in [3.63, 3.8) is 0 Å². The Balaban J connectivity index is 1.71. The zero-order valence-electron chi connectivity index (χ0n) is 18.4. The van der Waals surface area contributed by atoms with Crippen LogP contribution in [0.4, 0.5) is 0 Å². The van der Waals surface area contributed by atoms with E-state index in [2.05, 4.69) is 39.1 Å². The number of carbonyl (C=O) groups is 1. The highest BCUT2D eigenvalue weighted by atomic mass is 16.5. The number of esters is 1. The SMILES string of the molecule is CC(C)C1=CC2CCC3C(C)(C(=O)OCCNCCO)CCCC3(C)C2CC1. The van der Waals surface area contributed by atoms with E-state index < -0.39 is 0 Å². The molecular weight excluding hydrogens is 350 g/mol. The monoisotopic (exact) mass is 391 g/mol. The summed E-state index contributed by atoms with van der Waals surface area (Å²) >= 11 is 0. The number of ether oxygens (including phenoxy) is 1. The first kappa shape index (κ1) is 21.8. The van der Waals surface area contributed by atoms with Crippen molar-refractivity contribution < 1.29 is 14.6 Å². The Morgan fingerprint density at radius 3 is 2.75 bits per heavy atom. The fourth-order valence-electron chi connectivity index (χ4n) is 6.79. The van der Waals surface area contributed by atoms with E-state index in [1.54, 1.807) is 5.57 Å². The van der Waals surface area contributed by atoms with Gasteiger partial charge in [0.05, 0.1) is 12.0 Å². The van der Waals surface area contributed by atoms with Crippen molar-refractivity contribution in [2.75, 3.05) is 26.3 Å². The Bertz CT molecular complexity index is 586. The summed E-state index contributed by atoms with van der Waals surface area (Å²) in [7, 11) is 0. The molecule has 0 radical (unpaired) electrons. The topological polar surface area (TPSA) is 58.6 Å². The third-order valence-corrected chi connectivity index (χ3v) is 8.31. The van der Waals surface area contributed by atoms with E-state index in [1.165, 1.54) is 25.7 Å². The summed E-state index contributed by atoms with van der Waals surface area (Å²) in [6.07, 6.45) is 10.8. The molecule has 2 fully saturated rings. The van der Waals surface area contributed by atoms with Gasteiger partial charge in [-0.25, -0.2) is 0 Å². The number of fused-ring (bicyclic) bond motifs is 3. The second-order valence-electron chi connectivity index (χ2n) is 10.2. The van der Waals surface area contributed by atoms with E-state index in [0.29, 0.717) is 43.4 Å². The molecule has 0 saturated heterocycles. The highest BCUT2D eigenvalue weighted by molar-refractivity contribution is 5.77. The van der Waals surface area contributed by atoms with Crippen LogP contribution in [0.15, 0.2) is 11.6 Å². The predicted molar refractivity (Wildman–Crippen MR) is 113 cm³/mol. The molecule has 160 valence electrons. The van der Waals surface area contributed by atoms with Crippen molar-refractivity contribution in [2.45, 2.75) is 72.6 Å². The van der Waals surface area contributed by atoms with Gasteiger partial charge in [-0.15, -0.1) is 0 Å². The van der Waals surface area contributed by atoms with Gasteiger partial charge in [-0.05, 0) is 74.5 Å². The second-order valence-corrected chi connectivity index (χ2v) is 10.2. The first-order valence-corrected chi connectivity index (χ1v) is 11.5. The van der Waals surface area contributed by atoms with Crippen LogP contribution in [0.3, 0.4) is 0 Å². The molecule has 28 heavy (non-hydrogen) atoms. The fraction of sp³-hybridized carbons (Fsp3) is 0.875. The summed E-state index contributed by atoms with van der Waals surface area (Å²) < 4.78 is 5.71. The first-order valence-electron chi connectivity index (χ1n) is 11.5. The van der Waals surface area contributed by atoms with E-state index >= 15 is 0 Å². The fourth-order valence-corrected chi connectivity index (χ4v) is 6.79. The Morgan fingerprint density at radius 2 is 2.04 bits per heavy atom. The number of carbonyl (C=O) groups excluding carboxylic acids is 1. The maximum atomic E-state index is 13.1. The quantitative estimate of drug-likeness (QED) is 0.385. The lowest BCUT2D eigenvalue weighted by Crippen LogP contribution is -2.55. The van der Waals surface area contributed by atoms with E-state index in [9.17, 15) is 4.79 Å². The highest BCUT2D eigenvalue weighted by Gasteiger charge is 2.59. The molecule has 0 spiro atoms. The average molecular weight is 392 g/mol. The second kappa shape index (κ2) is 8.87. The number of hydrogen-bond donors (Lipinski definition) is 2. The number of rotatable bonds is 7.